The SMILES string of the molecule is C=C(C(C)=O)C(CC=C1C(=O)OC2C1CCC(=C)C1(N)CCC(C)(O)C21CC)CCC. The van der Waals surface area contributed by atoms with Gasteiger partial charge in [0.2, 0.25) is 0 Å². The van der Waals surface area contributed by atoms with Crippen LogP contribution in [-0.4, -0.2) is 34.1 Å². The van der Waals surface area contributed by atoms with Crippen molar-refractivity contribution in [2.45, 2.75) is 96.3 Å². The minimum absolute atomic E-state index is 0.00524. The lowest BCUT2D eigenvalue weighted by Gasteiger charge is -2.52. The zero-order valence-corrected chi connectivity index (χ0v) is 19.6. The average molecular weight is 430 g/mol. The van der Waals surface area contributed by atoms with Crippen molar-refractivity contribution in [1.82, 2.24) is 0 Å². The minimum atomic E-state index is -1.05. The van der Waals surface area contributed by atoms with Gasteiger partial charge in [-0.05, 0) is 70.3 Å². The molecule has 5 nitrogen and oxygen atoms in total. The Hall–Kier alpha value is -1.72. The topological polar surface area (TPSA) is 89.6 Å². The molecule has 1 saturated heterocycles. The lowest BCUT2D eigenvalue weighted by atomic mass is 9.58. The second-order valence-electron chi connectivity index (χ2n) is 10.1. The van der Waals surface area contributed by atoms with Crippen molar-refractivity contribution in [3.63, 3.8) is 0 Å². The summed E-state index contributed by atoms with van der Waals surface area (Å²) in [5.74, 6) is -0.434. The lowest BCUT2D eigenvalue weighted by Crippen LogP contribution is -2.65. The number of allylic oxidation sites excluding steroid dienone is 2. The number of ether oxygens (including phenoxy) is 1. The number of Topliss-reactive ketones (excluding diaryl/α,β-unsaturated/α-hetero) is 1. The highest BCUT2D eigenvalue weighted by Gasteiger charge is 2.71. The number of carbonyl (C=O) groups is 2. The predicted octanol–water partition coefficient (Wildman–Crippen LogP) is 4.39. The fraction of sp³-hybridized carbons (Fsp3) is 0.692. The fourth-order valence-electron chi connectivity index (χ4n) is 6.78. The van der Waals surface area contributed by atoms with Gasteiger partial charge >= 0.3 is 5.97 Å². The maximum atomic E-state index is 13.0. The van der Waals surface area contributed by atoms with E-state index in [0.29, 0.717) is 43.3 Å². The number of hydrogen-bond donors (Lipinski definition) is 2. The number of ketones is 1. The summed E-state index contributed by atoms with van der Waals surface area (Å²) in [6, 6.07) is 0. The van der Waals surface area contributed by atoms with Gasteiger partial charge in [-0.2, -0.15) is 0 Å². The Morgan fingerprint density at radius 2 is 2.06 bits per heavy atom. The number of esters is 1. The van der Waals surface area contributed by atoms with Crippen molar-refractivity contribution in [3.8, 4) is 0 Å². The molecule has 31 heavy (non-hydrogen) atoms. The summed E-state index contributed by atoms with van der Waals surface area (Å²) in [7, 11) is 0. The molecule has 2 saturated carbocycles. The smallest absolute Gasteiger partial charge is 0.334 e. The van der Waals surface area contributed by atoms with Crippen molar-refractivity contribution in [2.75, 3.05) is 0 Å². The number of carbonyl (C=O) groups excluding carboxylic acids is 2. The quantitative estimate of drug-likeness (QED) is 0.356. The summed E-state index contributed by atoms with van der Waals surface area (Å²) in [6.07, 6.45) is 7.11. The van der Waals surface area contributed by atoms with Crippen LogP contribution in [0, 0.1) is 17.3 Å². The van der Waals surface area contributed by atoms with Crippen LogP contribution in [0.5, 0.6) is 0 Å². The van der Waals surface area contributed by atoms with Crippen molar-refractivity contribution >= 4 is 11.8 Å². The van der Waals surface area contributed by atoms with Crippen LogP contribution in [0.1, 0.15) is 79.1 Å². The van der Waals surface area contributed by atoms with Gasteiger partial charge in [0.1, 0.15) is 6.10 Å². The van der Waals surface area contributed by atoms with E-state index in [1.165, 1.54) is 0 Å². The molecule has 0 spiro atoms. The molecular weight excluding hydrogens is 390 g/mol. The van der Waals surface area contributed by atoms with Crippen LogP contribution in [0.3, 0.4) is 0 Å². The summed E-state index contributed by atoms with van der Waals surface area (Å²) < 4.78 is 6.04. The van der Waals surface area contributed by atoms with Crippen LogP contribution in [0.2, 0.25) is 0 Å². The highest BCUT2D eigenvalue weighted by atomic mass is 16.6. The standard InChI is InChI=1S/C26H39NO4/c1-7-9-19(17(4)18(5)28)11-13-21-20-12-10-16(3)26(27)15-14-24(6,30)25(26,8-2)22(20)31-23(21)29/h13,19-20,22,30H,3-4,7-12,14-15,27H2,1-2,5-6H3. The largest absolute Gasteiger partial charge is 0.458 e. The van der Waals surface area contributed by atoms with Crippen LogP contribution < -0.4 is 5.73 Å². The molecule has 1 aliphatic heterocycles. The molecule has 5 heteroatoms. The molecule has 3 N–H and O–H groups in total. The van der Waals surface area contributed by atoms with Gasteiger partial charge in [0, 0.05) is 17.0 Å². The van der Waals surface area contributed by atoms with Crippen molar-refractivity contribution < 1.29 is 19.4 Å². The maximum absolute atomic E-state index is 13.0. The Balaban J connectivity index is 2.01. The second-order valence-corrected chi connectivity index (χ2v) is 10.1. The molecule has 3 fully saturated rings. The third-order valence-electron chi connectivity index (χ3n) is 8.63. The van der Waals surface area contributed by atoms with Gasteiger partial charge in [-0.25, -0.2) is 4.79 Å². The fourth-order valence-corrected chi connectivity index (χ4v) is 6.78. The van der Waals surface area contributed by atoms with E-state index < -0.39 is 22.7 Å². The summed E-state index contributed by atoms with van der Waals surface area (Å²) in [5.41, 5.74) is 6.64. The van der Waals surface area contributed by atoms with E-state index in [4.69, 9.17) is 10.5 Å². The maximum Gasteiger partial charge on any atom is 0.334 e. The summed E-state index contributed by atoms with van der Waals surface area (Å²) in [5, 5.41) is 11.5. The number of nitrogens with two attached hydrogens (primary N) is 1. The zero-order chi connectivity index (χ0) is 23.2. The first-order valence-electron chi connectivity index (χ1n) is 11.8. The van der Waals surface area contributed by atoms with Crippen LogP contribution >= 0.6 is 0 Å². The van der Waals surface area contributed by atoms with Crippen LogP contribution in [0.25, 0.3) is 0 Å². The number of fused-ring (bicyclic) bond motifs is 3. The predicted molar refractivity (Wildman–Crippen MR) is 122 cm³/mol. The molecule has 0 bridgehead atoms. The number of aliphatic hydroxyl groups is 1. The van der Waals surface area contributed by atoms with E-state index in [1.807, 2.05) is 19.9 Å². The van der Waals surface area contributed by atoms with E-state index in [-0.39, 0.29) is 23.6 Å². The second kappa shape index (κ2) is 8.32. The van der Waals surface area contributed by atoms with Gasteiger partial charge in [0.05, 0.1) is 11.0 Å². The third kappa shape index (κ3) is 3.45. The monoisotopic (exact) mass is 429 g/mol. The first-order valence-corrected chi connectivity index (χ1v) is 11.8. The molecule has 0 amide bonds. The highest BCUT2D eigenvalue weighted by Crippen LogP contribution is 2.64. The molecule has 0 aromatic heterocycles. The van der Waals surface area contributed by atoms with Gasteiger partial charge in [-0.1, -0.05) is 45.1 Å². The normalized spacial score (nSPS) is 39.6. The summed E-state index contributed by atoms with van der Waals surface area (Å²) >= 11 is 0. The molecule has 0 aromatic rings. The van der Waals surface area contributed by atoms with Gasteiger partial charge in [-0.15, -0.1) is 0 Å². The Kier molecular flexibility index (Phi) is 6.43. The van der Waals surface area contributed by atoms with Crippen LogP contribution in [0.15, 0.2) is 36.0 Å². The Bertz CT molecular complexity index is 825. The molecule has 3 aliphatic rings. The van der Waals surface area contributed by atoms with Crippen molar-refractivity contribution in [2.24, 2.45) is 23.0 Å². The molecule has 6 unspecified atom stereocenters. The molecule has 172 valence electrons. The minimum Gasteiger partial charge on any atom is -0.458 e. The van der Waals surface area contributed by atoms with Gasteiger partial charge in [0.25, 0.3) is 0 Å². The third-order valence-corrected chi connectivity index (χ3v) is 8.63. The summed E-state index contributed by atoms with van der Waals surface area (Å²) in [6.45, 7) is 15.8. The highest BCUT2D eigenvalue weighted by molar-refractivity contribution is 5.93. The van der Waals surface area contributed by atoms with E-state index in [9.17, 15) is 14.7 Å². The Morgan fingerprint density at radius 1 is 1.39 bits per heavy atom. The van der Waals surface area contributed by atoms with E-state index in [1.54, 1.807) is 6.92 Å². The molecule has 2 aliphatic carbocycles. The van der Waals surface area contributed by atoms with E-state index in [2.05, 4.69) is 20.1 Å². The molecular formula is C26H39NO4. The molecule has 3 rings (SSSR count). The molecule has 6 atom stereocenters. The zero-order valence-electron chi connectivity index (χ0n) is 19.6. The molecule has 0 radical (unpaired) electrons. The van der Waals surface area contributed by atoms with E-state index >= 15 is 0 Å². The first-order chi connectivity index (χ1) is 14.5. The van der Waals surface area contributed by atoms with Crippen LogP contribution in [-0.2, 0) is 14.3 Å². The average Bonchev–Trinajstić information content (AvgIpc) is 3.10. The van der Waals surface area contributed by atoms with Crippen molar-refractivity contribution in [1.29, 1.82) is 0 Å². The Labute approximate surface area is 186 Å². The van der Waals surface area contributed by atoms with Crippen LogP contribution in [0.4, 0.5) is 0 Å². The van der Waals surface area contributed by atoms with Crippen molar-refractivity contribution in [3.05, 3.63) is 36.0 Å². The molecule has 0 aromatic carbocycles. The number of rotatable bonds is 7. The van der Waals surface area contributed by atoms with Gasteiger partial charge < -0.3 is 15.6 Å². The molecule has 1 heterocycles. The Morgan fingerprint density at radius 3 is 2.65 bits per heavy atom. The lowest BCUT2D eigenvalue weighted by molar-refractivity contribution is -0.168. The summed E-state index contributed by atoms with van der Waals surface area (Å²) in [4.78, 5) is 24.9. The van der Waals surface area contributed by atoms with Gasteiger partial charge in [-0.3, -0.25) is 4.79 Å². The van der Waals surface area contributed by atoms with Gasteiger partial charge in [0.15, 0.2) is 5.78 Å². The number of hydrogen-bond acceptors (Lipinski definition) is 5. The van der Waals surface area contributed by atoms with E-state index in [0.717, 1.165) is 24.8 Å². The first kappa shape index (κ1) is 23.9.